The third-order valence-corrected chi connectivity index (χ3v) is 3.92. The van der Waals surface area contributed by atoms with Crippen LogP contribution in [-0.4, -0.2) is 19.8 Å². The van der Waals surface area contributed by atoms with Gasteiger partial charge in [0.05, 0.1) is 0 Å². The number of rotatable bonds is 6. The van der Waals surface area contributed by atoms with Crippen LogP contribution < -0.4 is 0 Å². The summed E-state index contributed by atoms with van der Waals surface area (Å²) in [7, 11) is 0. The fourth-order valence-electron chi connectivity index (χ4n) is 0.642. The monoisotopic (exact) mass is 202 g/mol. The van der Waals surface area contributed by atoms with Crippen LogP contribution in [0.4, 0.5) is 3.09 Å². The van der Waals surface area contributed by atoms with Crippen molar-refractivity contribution in [1.82, 2.24) is 0 Å². The molecule has 0 unspecified atom stereocenters. The molecule has 0 rings (SSSR count). The molecular formula is C6H15FO3Ti. The van der Waals surface area contributed by atoms with Crippen molar-refractivity contribution in [2.75, 3.05) is 19.8 Å². The van der Waals surface area contributed by atoms with Gasteiger partial charge in [0.2, 0.25) is 0 Å². The van der Waals surface area contributed by atoms with E-state index in [9.17, 15) is 3.09 Å². The molecule has 0 N–H and O–H groups in total. The maximum absolute atomic E-state index is 13.3. The summed E-state index contributed by atoms with van der Waals surface area (Å²) in [5, 5.41) is 0. The molecule has 0 amide bonds. The van der Waals surface area contributed by atoms with Gasteiger partial charge in [0.25, 0.3) is 0 Å². The predicted molar refractivity (Wildman–Crippen MR) is 36.0 cm³/mol. The number of hydrogen-bond acceptors (Lipinski definition) is 3. The van der Waals surface area contributed by atoms with E-state index in [2.05, 4.69) is 0 Å². The van der Waals surface area contributed by atoms with Crippen molar-refractivity contribution >= 4 is 0 Å². The van der Waals surface area contributed by atoms with E-state index >= 15 is 0 Å². The SMILES string of the molecule is CC[O][Ti]([F])([O]CC)[O]CC. The fourth-order valence-corrected chi connectivity index (χ4v) is 2.65. The van der Waals surface area contributed by atoms with Crippen molar-refractivity contribution in [1.29, 1.82) is 0 Å². The third-order valence-electron chi connectivity index (χ3n) is 0.950. The van der Waals surface area contributed by atoms with Crippen LogP contribution in [0.3, 0.4) is 0 Å². The molecule has 5 heteroatoms. The Balaban J connectivity index is 3.79. The molecule has 0 aliphatic heterocycles. The van der Waals surface area contributed by atoms with Crippen LogP contribution in [0.25, 0.3) is 0 Å². The summed E-state index contributed by atoms with van der Waals surface area (Å²) < 4.78 is 27.7. The molecule has 0 atom stereocenters. The van der Waals surface area contributed by atoms with Gasteiger partial charge >= 0.3 is 71.9 Å². The second-order valence-electron chi connectivity index (χ2n) is 1.78. The van der Waals surface area contributed by atoms with Gasteiger partial charge in [-0.15, -0.1) is 0 Å². The maximum atomic E-state index is 13.3. The third kappa shape index (κ3) is 4.88. The first-order valence-corrected chi connectivity index (χ1v) is 6.29. The number of halogens is 1. The van der Waals surface area contributed by atoms with Crippen LogP contribution in [0.5, 0.6) is 0 Å². The van der Waals surface area contributed by atoms with E-state index in [0.717, 1.165) is 0 Å². The Bertz CT molecular complexity index is 84.8. The standard InChI is InChI=1S/3C2H5O.FH.Ti/c3*1-2-3;;/h3*2H2,1H3;1H;/q3*-1;;+4/p-1. The van der Waals surface area contributed by atoms with E-state index in [1.807, 2.05) is 0 Å². The van der Waals surface area contributed by atoms with Gasteiger partial charge in [0.15, 0.2) is 0 Å². The minimum atomic E-state index is -4.24. The minimum absolute atomic E-state index is 0.302. The summed E-state index contributed by atoms with van der Waals surface area (Å²) in [4.78, 5) is 0. The second kappa shape index (κ2) is 6.09. The van der Waals surface area contributed by atoms with E-state index in [-0.39, 0.29) is 0 Å². The molecular weight excluding hydrogens is 187 g/mol. The molecule has 0 aromatic carbocycles. The summed E-state index contributed by atoms with van der Waals surface area (Å²) in [5.74, 6) is 0. The van der Waals surface area contributed by atoms with Crippen molar-refractivity contribution < 1.29 is 31.3 Å². The van der Waals surface area contributed by atoms with E-state index < -0.39 is 18.3 Å². The molecule has 0 spiro atoms. The van der Waals surface area contributed by atoms with Crippen molar-refractivity contribution in [2.24, 2.45) is 0 Å². The van der Waals surface area contributed by atoms with Crippen LogP contribution in [0.2, 0.25) is 0 Å². The molecule has 0 fully saturated rings. The van der Waals surface area contributed by atoms with E-state index in [4.69, 9.17) is 9.96 Å². The first-order chi connectivity index (χ1) is 5.18. The molecule has 68 valence electrons. The predicted octanol–water partition coefficient (Wildman–Crippen LogP) is 1.88. The quantitative estimate of drug-likeness (QED) is 0.615. The second-order valence-corrected chi connectivity index (χ2v) is 4.64. The number of hydrogen-bond donors (Lipinski definition) is 0. The molecule has 0 radical (unpaired) electrons. The van der Waals surface area contributed by atoms with Gasteiger partial charge in [-0.05, 0) is 0 Å². The zero-order valence-electron chi connectivity index (χ0n) is 7.22. The molecule has 0 aromatic heterocycles. The van der Waals surface area contributed by atoms with E-state index in [0.29, 0.717) is 19.8 Å². The Morgan fingerprint density at radius 3 is 1.36 bits per heavy atom. The fraction of sp³-hybridized carbons (Fsp3) is 1.00. The molecule has 0 aliphatic carbocycles. The molecule has 0 saturated carbocycles. The average molecular weight is 202 g/mol. The van der Waals surface area contributed by atoms with Crippen LogP contribution >= 0.6 is 0 Å². The topological polar surface area (TPSA) is 27.7 Å². The van der Waals surface area contributed by atoms with E-state index in [1.165, 1.54) is 0 Å². The Kier molecular flexibility index (Phi) is 6.38. The van der Waals surface area contributed by atoms with Crippen molar-refractivity contribution in [2.45, 2.75) is 20.8 Å². The summed E-state index contributed by atoms with van der Waals surface area (Å²) in [6, 6.07) is 0. The zero-order valence-corrected chi connectivity index (χ0v) is 8.79. The molecule has 3 nitrogen and oxygen atoms in total. The zero-order chi connectivity index (χ0) is 8.74. The normalized spacial score (nSPS) is 12.0. The van der Waals surface area contributed by atoms with Crippen molar-refractivity contribution in [3.8, 4) is 0 Å². The van der Waals surface area contributed by atoms with Crippen LogP contribution in [0.1, 0.15) is 20.8 Å². The van der Waals surface area contributed by atoms with Gasteiger partial charge in [0, 0.05) is 0 Å². The molecule has 0 heterocycles. The Morgan fingerprint density at radius 1 is 0.909 bits per heavy atom. The molecule has 0 aromatic rings. The van der Waals surface area contributed by atoms with Gasteiger partial charge in [-0.1, -0.05) is 0 Å². The van der Waals surface area contributed by atoms with Gasteiger partial charge in [-0.3, -0.25) is 0 Å². The van der Waals surface area contributed by atoms with Gasteiger partial charge in [-0.2, -0.15) is 0 Å². The first kappa shape index (κ1) is 11.5. The van der Waals surface area contributed by atoms with Gasteiger partial charge < -0.3 is 0 Å². The Morgan fingerprint density at radius 2 is 1.18 bits per heavy atom. The van der Waals surface area contributed by atoms with Crippen molar-refractivity contribution in [3.05, 3.63) is 0 Å². The summed E-state index contributed by atoms with van der Waals surface area (Å²) >= 11 is -4.24. The van der Waals surface area contributed by atoms with Crippen LogP contribution in [-0.2, 0) is 28.2 Å². The van der Waals surface area contributed by atoms with Crippen molar-refractivity contribution in [3.63, 3.8) is 0 Å². The molecule has 11 heavy (non-hydrogen) atoms. The van der Waals surface area contributed by atoms with E-state index in [1.54, 1.807) is 20.8 Å². The van der Waals surface area contributed by atoms with Crippen LogP contribution in [0, 0.1) is 0 Å². The summed E-state index contributed by atoms with van der Waals surface area (Å²) in [6.45, 7) is 6.07. The van der Waals surface area contributed by atoms with Gasteiger partial charge in [0.1, 0.15) is 0 Å². The Labute approximate surface area is 72.3 Å². The Hall–Kier alpha value is 0.524. The molecule has 0 aliphatic rings. The molecule has 0 saturated heterocycles. The summed E-state index contributed by atoms with van der Waals surface area (Å²) in [5.41, 5.74) is 0. The van der Waals surface area contributed by atoms with Gasteiger partial charge in [-0.25, -0.2) is 0 Å². The average Bonchev–Trinajstić information content (AvgIpc) is 1.88. The first-order valence-electron chi connectivity index (χ1n) is 3.79. The van der Waals surface area contributed by atoms with Crippen LogP contribution in [0.15, 0.2) is 0 Å². The summed E-state index contributed by atoms with van der Waals surface area (Å²) in [6.07, 6.45) is 0. The molecule has 0 bridgehead atoms.